The molecular weight excluding hydrogens is 641 g/mol. The molecule has 0 radical (unpaired) electrons. The fourth-order valence-corrected chi connectivity index (χ4v) is 17.5. The van der Waals surface area contributed by atoms with Gasteiger partial charge in [0.2, 0.25) is 0 Å². The highest BCUT2D eigenvalue weighted by atomic mass is 32.2. The van der Waals surface area contributed by atoms with Gasteiger partial charge in [-0.15, -0.1) is 0 Å². The molecule has 7 heteroatoms. The Hall–Kier alpha value is -1.44. The number of hydrogen-bond donors (Lipinski definition) is 2. The van der Waals surface area contributed by atoms with Crippen molar-refractivity contribution in [3.05, 3.63) is 35.5 Å². The zero-order valence-corrected chi connectivity index (χ0v) is 32.8. The SMILES string of the molecule is C=C(C)[C@@H]1CC[C@]2(NCCN3C[C@@H]4CC3CS4(=O)=O)CC[C@]3(C)[C@H](CC[C@@H]4[C@@]5(C)CC=C(C6=CCC(C(=O)O)CC6)C(C)(C)[C@@H]5CC[C@]43C)[C@@H]12. The van der Waals surface area contributed by atoms with Crippen LogP contribution in [0.4, 0.5) is 0 Å². The summed E-state index contributed by atoms with van der Waals surface area (Å²) < 4.78 is 24.8. The smallest absolute Gasteiger partial charge is 0.306 e. The van der Waals surface area contributed by atoms with Gasteiger partial charge in [0, 0.05) is 31.2 Å². The lowest BCUT2D eigenvalue weighted by Crippen LogP contribution is -2.68. The first-order valence-electron chi connectivity index (χ1n) is 20.5. The standard InChI is InChI=1S/C43H66N2O4S/c1-27(2)32-14-19-43(44-22-23-45-25-31-24-30(45)26-50(31,48)49)21-20-41(6)34(37(32)43)12-13-36-40(5)17-15-33(28-8-10-29(11-9-28)38(46)47)39(3,4)35(40)16-18-42(36,41)7/h8,15,29-32,34-37,44H,1,9-14,16-26H2,2-7H3,(H,46,47)/t29?,30?,31-,32-,34+,35-,36+,37+,40-,41+,42+,43-/m0/s1. The first-order chi connectivity index (χ1) is 23.5. The molecule has 2 saturated heterocycles. The molecule has 8 aliphatic rings. The lowest BCUT2D eigenvalue weighted by Gasteiger charge is -2.72. The first kappa shape index (κ1) is 35.6. The van der Waals surface area contributed by atoms with Crippen molar-refractivity contribution >= 4 is 15.8 Å². The molecule has 2 heterocycles. The highest BCUT2D eigenvalue weighted by Crippen LogP contribution is 2.76. The van der Waals surface area contributed by atoms with E-state index in [1.165, 1.54) is 68.1 Å². The Labute approximate surface area is 303 Å². The Kier molecular flexibility index (Phi) is 8.38. The summed E-state index contributed by atoms with van der Waals surface area (Å²) in [6.07, 6.45) is 19.5. The number of rotatable bonds is 7. The van der Waals surface area contributed by atoms with Crippen molar-refractivity contribution < 1.29 is 18.3 Å². The highest BCUT2D eigenvalue weighted by Gasteiger charge is 2.70. The molecule has 6 aliphatic carbocycles. The van der Waals surface area contributed by atoms with Gasteiger partial charge in [-0.2, -0.15) is 0 Å². The second-order valence-electron chi connectivity index (χ2n) is 20.2. The van der Waals surface area contributed by atoms with Crippen LogP contribution in [0.25, 0.3) is 0 Å². The summed E-state index contributed by atoms with van der Waals surface area (Å²) in [4.78, 5) is 14.2. The van der Waals surface area contributed by atoms with Crippen LogP contribution in [0.15, 0.2) is 35.5 Å². The number of carbonyl (C=O) groups is 1. The average molecular weight is 707 g/mol. The van der Waals surface area contributed by atoms with Crippen molar-refractivity contribution in [3.8, 4) is 0 Å². The molecule has 6 nitrogen and oxygen atoms in total. The molecular formula is C43H66N2O4S. The molecule has 0 aromatic heterocycles. The van der Waals surface area contributed by atoms with E-state index in [4.69, 9.17) is 0 Å². The Morgan fingerprint density at radius 3 is 2.40 bits per heavy atom. The molecule has 2 aliphatic heterocycles. The van der Waals surface area contributed by atoms with Gasteiger partial charge in [0.25, 0.3) is 0 Å². The van der Waals surface area contributed by atoms with Crippen molar-refractivity contribution in [1.29, 1.82) is 0 Å². The molecule has 0 aromatic rings. The maximum atomic E-state index is 12.4. The molecule has 278 valence electrons. The molecule has 12 atom stereocenters. The van der Waals surface area contributed by atoms with Gasteiger partial charge in [0.15, 0.2) is 9.84 Å². The van der Waals surface area contributed by atoms with Crippen molar-refractivity contribution in [2.75, 3.05) is 25.4 Å². The van der Waals surface area contributed by atoms with E-state index in [1.807, 2.05) is 0 Å². The van der Waals surface area contributed by atoms with E-state index < -0.39 is 15.8 Å². The fourth-order valence-electron chi connectivity index (χ4n) is 15.4. The summed E-state index contributed by atoms with van der Waals surface area (Å²) >= 11 is 0. The molecule has 8 rings (SSSR count). The second-order valence-corrected chi connectivity index (χ2v) is 22.5. The van der Waals surface area contributed by atoms with E-state index in [9.17, 15) is 18.3 Å². The number of carboxylic acid groups (broad SMARTS) is 1. The molecule has 2 unspecified atom stereocenters. The van der Waals surface area contributed by atoms with Gasteiger partial charge in [-0.1, -0.05) is 58.9 Å². The minimum atomic E-state index is -2.86. The number of nitrogens with zero attached hydrogens (tertiary/aromatic N) is 1. The van der Waals surface area contributed by atoms with Crippen LogP contribution >= 0.6 is 0 Å². The van der Waals surface area contributed by atoms with Crippen LogP contribution in [-0.4, -0.2) is 66.6 Å². The Balaban J connectivity index is 1.04. The van der Waals surface area contributed by atoms with Crippen LogP contribution in [0, 0.1) is 57.2 Å². The number of carboxylic acids is 1. The predicted molar refractivity (Wildman–Crippen MR) is 201 cm³/mol. The molecule has 2 bridgehead atoms. The van der Waals surface area contributed by atoms with Gasteiger partial charge < -0.3 is 10.4 Å². The maximum absolute atomic E-state index is 12.4. The van der Waals surface area contributed by atoms with Crippen LogP contribution in [-0.2, 0) is 14.6 Å². The monoisotopic (exact) mass is 706 g/mol. The largest absolute Gasteiger partial charge is 0.481 e. The lowest BCUT2D eigenvalue weighted by molar-refractivity contribution is -0.221. The summed E-state index contributed by atoms with van der Waals surface area (Å²) in [6.45, 7) is 22.7. The normalized spacial score (nSPS) is 48.8. The summed E-state index contributed by atoms with van der Waals surface area (Å²) in [5.41, 5.74) is 5.47. The summed E-state index contributed by atoms with van der Waals surface area (Å²) in [7, 11) is -2.86. The van der Waals surface area contributed by atoms with Crippen molar-refractivity contribution in [1.82, 2.24) is 10.2 Å². The van der Waals surface area contributed by atoms with Crippen molar-refractivity contribution in [2.45, 2.75) is 142 Å². The molecule has 0 spiro atoms. The third-order valence-corrected chi connectivity index (χ3v) is 20.3. The Bertz CT molecular complexity index is 1610. The minimum Gasteiger partial charge on any atom is -0.481 e. The topological polar surface area (TPSA) is 86.7 Å². The summed E-state index contributed by atoms with van der Waals surface area (Å²) in [5.74, 6) is 2.74. The molecule has 0 amide bonds. The van der Waals surface area contributed by atoms with Gasteiger partial charge >= 0.3 is 5.97 Å². The van der Waals surface area contributed by atoms with Gasteiger partial charge in [0.05, 0.1) is 16.9 Å². The van der Waals surface area contributed by atoms with E-state index in [1.54, 1.807) is 0 Å². The Morgan fingerprint density at radius 1 is 0.980 bits per heavy atom. The number of allylic oxidation sites excluding steroid dienone is 5. The third-order valence-electron chi connectivity index (χ3n) is 18.0. The molecule has 50 heavy (non-hydrogen) atoms. The van der Waals surface area contributed by atoms with Crippen molar-refractivity contribution in [2.24, 2.45) is 57.2 Å². The fraction of sp³-hybridized carbons (Fsp3) is 0.837. The third kappa shape index (κ3) is 4.96. The first-order valence-corrected chi connectivity index (χ1v) is 22.2. The summed E-state index contributed by atoms with van der Waals surface area (Å²) in [6, 6.07) is 0.229. The number of nitrogens with one attached hydrogen (secondary N) is 1. The van der Waals surface area contributed by atoms with Gasteiger partial charge in [-0.3, -0.25) is 9.69 Å². The number of sulfone groups is 1. The number of hydrogen-bond acceptors (Lipinski definition) is 5. The van der Waals surface area contributed by atoms with E-state index in [0.717, 1.165) is 45.3 Å². The van der Waals surface area contributed by atoms with Crippen LogP contribution < -0.4 is 5.32 Å². The van der Waals surface area contributed by atoms with Crippen LogP contribution in [0.3, 0.4) is 0 Å². The number of aliphatic carboxylic acids is 1. The maximum Gasteiger partial charge on any atom is 0.306 e. The summed E-state index contributed by atoms with van der Waals surface area (Å²) in [5, 5.41) is 13.7. The van der Waals surface area contributed by atoms with E-state index in [-0.39, 0.29) is 33.6 Å². The quantitative estimate of drug-likeness (QED) is 0.260. The van der Waals surface area contributed by atoms with Crippen molar-refractivity contribution in [3.63, 3.8) is 0 Å². The van der Waals surface area contributed by atoms with Gasteiger partial charge in [-0.05, 0) is 153 Å². The number of fused-ring (bicyclic) bond motifs is 9. The van der Waals surface area contributed by atoms with E-state index in [0.29, 0.717) is 52.6 Å². The van der Waals surface area contributed by atoms with Gasteiger partial charge in [0.1, 0.15) is 0 Å². The van der Waals surface area contributed by atoms with Gasteiger partial charge in [-0.25, -0.2) is 8.42 Å². The average Bonchev–Trinajstić information content (AvgIpc) is 3.72. The number of likely N-dealkylation sites (tertiary alicyclic amines) is 1. The Morgan fingerprint density at radius 2 is 1.76 bits per heavy atom. The molecule has 4 saturated carbocycles. The van der Waals surface area contributed by atoms with E-state index >= 15 is 0 Å². The van der Waals surface area contributed by atoms with E-state index in [2.05, 4.69) is 70.5 Å². The zero-order valence-electron chi connectivity index (χ0n) is 32.0. The highest BCUT2D eigenvalue weighted by molar-refractivity contribution is 7.92. The van der Waals surface area contributed by atoms with Crippen LogP contribution in [0.2, 0.25) is 0 Å². The minimum absolute atomic E-state index is 0.0924. The van der Waals surface area contributed by atoms with Crippen LogP contribution in [0.1, 0.15) is 125 Å². The molecule has 0 aromatic carbocycles. The molecule has 2 N–H and O–H groups in total. The van der Waals surface area contributed by atoms with Crippen LogP contribution in [0.5, 0.6) is 0 Å². The lowest BCUT2D eigenvalue weighted by atomic mass is 9.33. The zero-order chi connectivity index (χ0) is 35.6. The predicted octanol–water partition coefficient (Wildman–Crippen LogP) is 8.20. The second kappa shape index (κ2) is 11.8. The molecule has 6 fully saturated rings.